The molecule has 1 unspecified atom stereocenters. The van der Waals surface area contributed by atoms with E-state index in [9.17, 15) is 4.79 Å². The third-order valence-electron chi connectivity index (χ3n) is 3.15. The van der Waals surface area contributed by atoms with Gasteiger partial charge < -0.3 is 11.1 Å². The Morgan fingerprint density at radius 2 is 1.87 bits per heavy atom. The van der Waals surface area contributed by atoms with E-state index < -0.39 is 5.54 Å². The van der Waals surface area contributed by atoms with Crippen molar-refractivity contribution in [2.75, 3.05) is 0 Å². The summed E-state index contributed by atoms with van der Waals surface area (Å²) in [4.78, 5) is 11.9. The molecule has 0 bridgehead atoms. The second-order valence-corrected chi connectivity index (χ2v) is 5.37. The van der Waals surface area contributed by atoms with Gasteiger partial charge in [-0.1, -0.05) is 26.7 Å². The summed E-state index contributed by atoms with van der Waals surface area (Å²) in [5, 5.41) is 3.03. The average molecular weight is 212 g/mol. The van der Waals surface area contributed by atoms with Crippen molar-refractivity contribution in [3.8, 4) is 0 Å². The van der Waals surface area contributed by atoms with Crippen LogP contribution in [0.1, 0.15) is 52.9 Å². The van der Waals surface area contributed by atoms with Gasteiger partial charge in [0.1, 0.15) is 0 Å². The van der Waals surface area contributed by atoms with Crippen LogP contribution in [0.15, 0.2) is 0 Å². The molecule has 0 aromatic rings. The third kappa shape index (κ3) is 3.49. The molecule has 15 heavy (non-hydrogen) atoms. The smallest absolute Gasteiger partial charge is 0.240 e. The van der Waals surface area contributed by atoms with Gasteiger partial charge in [0.15, 0.2) is 0 Å². The quantitative estimate of drug-likeness (QED) is 0.746. The van der Waals surface area contributed by atoms with E-state index in [0.717, 1.165) is 32.1 Å². The van der Waals surface area contributed by atoms with Gasteiger partial charge in [-0.15, -0.1) is 0 Å². The molecule has 3 N–H and O–H groups in total. The maximum absolute atomic E-state index is 11.9. The summed E-state index contributed by atoms with van der Waals surface area (Å²) >= 11 is 0. The Kier molecular flexibility index (Phi) is 4.14. The fourth-order valence-corrected chi connectivity index (χ4v) is 2.37. The first-order valence-corrected chi connectivity index (χ1v) is 6.04. The van der Waals surface area contributed by atoms with E-state index in [-0.39, 0.29) is 11.9 Å². The van der Waals surface area contributed by atoms with Crippen molar-refractivity contribution in [1.29, 1.82) is 0 Å². The van der Waals surface area contributed by atoms with Crippen molar-refractivity contribution in [2.24, 2.45) is 11.7 Å². The van der Waals surface area contributed by atoms with Crippen LogP contribution in [0.3, 0.4) is 0 Å². The molecule has 0 spiro atoms. The summed E-state index contributed by atoms with van der Waals surface area (Å²) in [6.45, 7) is 6.38. The van der Waals surface area contributed by atoms with Crippen molar-refractivity contribution in [3.63, 3.8) is 0 Å². The van der Waals surface area contributed by atoms with Crippen molar-refractivity contribution in [3.05, 3.63) is 0 Å². The van der Waals surface area contributed by atoms with Crippen LogP contribution >= 0.6 is 0 Å². The molecular weight excluding hydrogens is 188 g/mol. The molecule has 3 nitrogen and oxygen atoms in total. The van der Waals surface area contributed by atoms with Gasteiger partial charge in [0.25, 0.3) is 0 Å². The van der Waals surface area contributed by atoms with Gasteiger partial charge in [-0.05, 0) is 32.1 Å². The Hall–Kier alpha value is -0.570. The third-order valence-corrected chi connectivity index (χ3v) is 3.15. The lowest BCUT2D eigenvalue weighted by Gasteiger charge is -2.25. The Labute approximate surface area is 92.8 Å². The Bertz CT molecular complexity index is 220. The first-order valence-electron chi connectivity index (χ1n) is 6.04. The number of hydrogen-bond acceptors (Lipinski definition) is 2. The largest absolute Gasteiger partial charge is 0.352 e. The van der Waals surface area contributed by atoms with E-state index in [0.29, 0.717) is 5.92 Å². The highest BCUT2D eigenvalue weighted by Crippen LogP contribution is 2.27. The highest BCUT2D eigenvalue weighted by atomic mass is 16.2. The lowest BCUT2D eigenvalue weighted by Crippen LogP contribution is -2.54. The van der Waals surface area contributed by atoms with Crippen LogP contribution in [0.2, 0.25) is 0 Å². The van der Waals surface area contributed by atoms with Gasteiger partial charge >= 0.3 is 0 Å². The maximum Gasteiger partial charge on any atom is 0.240 e. The zero-order valence-electron chi connectivity index (χ0n) is 10.2. The molecule has 0 radical (unpaired) electrons. The number of nitrogens with one attached hydrogen (secondary N) is 1. The number of carbonyl (C=O) groups excluding carboxylic acids is 1. The lowest BCUT2D eigenvalue weighted by molar-refractivity contribution is -0.126. The Morgan fingerprint density at radius 1 is 1.33 bits per heavy atom. The maximum atomic E-state index is 11.9. The predicted molar refractivity (Wildman–Crippen MR) is 62.4 cm³/mol. The summed E-state index contributed by atoms with van der Waals surface area (Å²) in [5.41, 5.74) is 5.49. The normalized spacial score (nSPS) is 21.7. The van der Waals surface area contributed by atoms with Crippen LogP contribution in [0, 0.1) is 5.92 Å². The van der Waals surface area contributed by atoms with Gasteiger partial charge in [-0.25, -0.2) is 0 Å². The summed E-state index contributed by atoms with van der Waals surface area (Å²) in [5.74, 6) is 0.658. The molecule has 1 fully saturated rings. The minimum atomic E-state index is -0.578. The summed E-state index contributed by atoms with van der Waals surface area (Å²) in [7, 11) is 0. The van der Waals surface area contributed by atoms with Gasteiger partial charge in [-0.3, -0.25) is 4.79 Å². The molecule has 3 heteroatoms. The Morgan fingerprint density at radius 3 is 2.33 bits per heavy atom. The Balaban J connectivity index is 2.40. The molecule has 1 aliphatic carbocycles. The van der Waals surface area contributed by atoms with Crippen molar-refractivity contribution < 1.29 is 4.79 Å². The zero-order valence-corrected chi connectivity index (χ0v) is 10.2. The van der Waals surface area contributed by atoms with Crippen LogP contribution in [0.25, 0.3) is 0 Å². The highest BCUT2D eigenvalue weighted by molar-refractivity contribution is 5.86. The SMILES string of the molecule is CC(C)CC(C)NC(=O)C1(N)CCCC1. The number of rotatable bonds is 4. The van der Waals surface area contributed by atoms with Crippen LogP contribution < -0.4 is 11.1 Å². The first-order chi connectivity index (χ1) is 6.94. The molecule has 1 atom stereocenters. The number of carbonyl (C=O) groups is 1. The van der Waals surface area contributed by atoms with Gasteiger partial charge in [0.05, 0.1) is 5.54 Å². The van der Waals surface area contributed by atoms with Crippen molar-refractivity contribution in [1.82, 2.24) is 5.32 Å². The van der Waals surface area contributed by atoms with Crippen LogP contribution in [-0.4, -0.2) is 17.5 Å². The standard InChI is InChI=1S/C12H24N2O/c1-9(2)8-10(3)14-11(15)12(13)6-4-5-7-12/h9-10H,4-8,13H2,1-3H3,(H,14,15). The fraction of sp³-hybridized carbons (Fsp3) is 0.917. The van der Waals surface area contributed by atoms with Crippen molar-refractivity contribution >= 4 is 5.91 Å². The molecule has 1 saturated carbocycles. The molecule has 0 saturated heterocycles. The number of amides is 1. The molecule has 0 heterocycles. The monoisotopic (exact) mass is 212 g/mol. The van der Waals surface area contributed by atoms with E-state index in [2.05, 4.69) is 26.1 Å². The molecule has 0 aliphatic heterocycles. The van der Waals surface area contributed by atoms with Gasteiger partial charge in [0, 0.05) is 6.04 Å². The van der Waals surface area contributed by atoms with Crippen LogP contribution in [0.5, 0.6) is 0 Å². The van der Waals surface area contributed by atoms with Crippen molar-refractivity contribution in [2.45, 2.75) is 64.5 Å². The summed E-state index contributed by atoms with van der Waals surface area (Å²) < 4.78 is 0. The predicted octanol–water partition coefficient (Wildman–Crippen LogP) is 1.81. The molecule has 1 aliphatic rings. The number of nitrogens with two attached hydrogens (primary N) is 1. The fourth-order valence-electron chi connectivity index (χ4n) is 2.37. The minimum absolute atomic E-state index is 0.0492. The van der Waals surface area contributed by atoms with E-state index in [4.69, 9.17) is 5.73 Å². The molecule has 0 aromatic heterocycles. The van der Waals surface area contributed by atoms with E-state index in [1.54, 1.807) is 0 Å². The number of hydrogen-bond donors (Lipinski definition) is 2. The second-order valence-electron chi connectivity index (χ2n) is 5.37. The molecule has 0 aromatic carbocycles. The van der Waals surface area contributed by atoms with E-state index >= 15 is 0 Å². The topological polar surface area (TPSA) is 55.1 Å². The minimum Gasteiger partial charge on any atom is -0.352 e. The van der Waals surface area contributed by atoms with E-state index in [1.165, 1.54) is 0 Å². The molecule has 1 amide bonds. The molecule has 88 valence electrons. The highest BCUT2D eigenvalue weighted by Gasteiger charge is 2.37. The van der Waals surface area contributed by atoms with Crippen LogP contribution in [-0.2, 0) is 4.79 Å². The average Bonchev–Trinajstić information content (AvgIpc) is 2.51. The van der Waals surface area contributed by atoms with Gasteiger partial charge in [-0.2, -0.15) is 0 Å². The summed E-state index contributed by atoms with van der Waals surface area (Å²) in [6, 6.07) is 0.235. The first kappa shape index (κ1) is 12.5. The van der Waals surface area contributed by atoms with E-state index in [1.807, 2.05) is 0 Å². The second kappa shape index (κ2) is 4.97. The van der Waals surface area contributed by atoms with Gasteiger partial charge in [0.2, 0.25) is 5.91 Å². The zero-order chi connectivity index (χ0) is 11.5. The molecular formula is C12H24N2O. The summed E-state index contributed by atoms with van der Waals surface area (Å²) in [6.07, 6.45) is 4.87. The lowest BCUT2D eigenvalue weighted by atomic mass is 9.96. The van der Waals surface area contributed by atoms with Crippen LogP contribution in [0.4, 0.5) is 0 Å². The molecule has 1 rings (SSSR count).